The third-order valence-electron chi connectivity index (χ3n) is 4.16. The highest BCUT2D eigenvalue weighted by Crippen LogP contribution is 2.13. The van der Waals surface area contributed by atoms with Crippen molar-refractivity contribution in [2.75, 3.05) is 0 Å². The Balaban J connectivity index is 1.92. The van der Waals surface area contributed by atoms with E-state index in [9.17, 15) is 23.2 Å². The largest absolute Gasteiger partial charge is 0.481 e. The molecule has 2 atom stereocenters. The average molecular weight is 419 g/mol. The number of hydrogen-bond acceptors (Lipinski definition) is 4. The lowest BCUT2D eigenvalue weighted by molar-refractivity contribution is -0.133. The van der Waals surface area contributed by atoms with Crippen molar-refractivity contribution >= 4 is 17.7 Å². The molecular formula is C21H23F2N3O4. The van der Waals surface area contributed by atoms with Crippen LogP contribution in [0, 0.1) is 17.6 Å². The molecule has 0 radical (unpaired) electrons. The van der Waals surface area contributed by atoms with Crippen LogP contribution in [-0.2, 0) is 9.59 Å². The first kappa shape index (κ1) is 22.8. The van der Waals surface area contributed by atoms with Gasteiger partial charge in [-0.25, -0.2) is 8.78 Å². The summed E-state index contributed by atoms with van der Waals surface area (Å²) in [5.74, 6) is -3.30. The van der Waals surface area contributed by atoms with E-state index in [0.717, 1.165) is 6.07 Å². The molecule has 160 valence electrons. The maximum absolute atomic E-state index is 13.8. The van der Waals surface area contributed by atoms with E-state index in [1.54, 1.807) is 13.8 Å². The van der Waals surface area contributed by atoms with Crippen LogP contribution < -0.4 is 20.9 Å². The lowest BCUT2D eigenvalue weighted by Gasteiger charge is -2.22. The molecule has 0 saturated carbocycles. The summed E-state index contributed by atoms with van der Waals surface area (Å²) in [5.41, 5.74) is 4.24. The Morgan fingerprint density at radius 3 is 2.07 bits per heavy atom. The number of benzene rings is 2. The highest BCUT2D eigenvalue weighted by molar-refractivity contribution is 5.98. The molecule has 2 aromatic carbocycles. The van der Waals surface area contributed by atoms with Crippen LogP contribution in [-0.4, -0.2) is 29.9 Å². The Kier molecular flexibility index (Phi) is 7.85. The summed E-state index contributed by atoms with van der Waals surface area (Å²) < 4.78 is 32.1. The molecule has 3 amide bonds. The predicted octanol–water partition coefficient (Wildman–Crippen LogP) is 2.33. The van der Waals surface area contributed by atoms with Crippen LogP contribution in [0.25, 0.3) is 0 Å². The van der Waals surface area contributed by atoms with Crippen molar-refractivity contribution in [3.63, 3.8) is 0 Å². The maximum atomic E-state index is 13.8. The molecule has 0 aromatic heterocycles. The van der Waals surface area contributed by atoms with E-state index in [1.807, 2.05) is 0 Å². The second kappa shape index (κ2) is 10.3. The molecule has 0 bridgehead atoms. The molecule has 1 unspecified atom stereocenters. The minimum Gasteiger partial charge on any atom is -0.481 e. The first-order valence-corrected chi connectivity index (χ1v) is 9.26. The van der Waals surface area contributed by atoms with Gasteiger partial charge >= 0.3 is 0 Å². The van der Waals surface area contributed by atoms with E-state index < -0.39 is 41.5 Å². The summed E-state index contributed by atoms with van der Waals surface area (Å²) in [7, 11) is 0. The second-order valence-corrected chi connectivity index (χ2v) is 6.87. The first-order valence-electron chi connectivity index (χ1n) is 9.26. The molecule has 2 rings (SSSR count). The van der Waals surface area contributed by atoms with E-state index >= 15 is 0 Å². The fourth-order valence-electron chi connectivity index (χ4n) is 2.47. The van der Waals surface area contributed by atoms with Gasteiger partial charge in [-0.2, -0.15) is 0 Å². The lowest BCUT2D eigenvalue weighted by atomic mass is 10.0. The molecule has 0 spiro atoms. The molecule has 9 heteroatoms. The topological polar surface area (TPSA) is 96.5 Å². The van der Waals surface area contributed by atoms with E-state index in [4.69, 9.17) is 4.74 Å². The van der Waals surface area contributed by atoms with Crippen molar-refractivity contribution in [3.05, 3.63) is 65.7 Å². The fourth-order valence-corrected chi connectivity index (χ4v) is 2.47. The van der Waals surface area contributed by atoms with Crippen LogP contribution >= 0.6 is 0 Å². The number of nitrogens with one attached hydrogen (secondary N) is 3. The Labute approximate surface area is 172 Å². The van der Waals surface area contributed by atoms with Gasteiger partial charge in [0.15, 0.2) is 6.10 Å². The molecule has 0 heterocycles. The van der Waals surface area contributed by atoms with Crippen LogP contribution in [0.1, 0.15) is 31.1 Å². The van der Waals surface area contributed by atoms with Gasteiger partial charge in [0.1, 0.15) is 23.4 Å². The number of rotatable bonds is 7. The Hall–Kier alpha value is -3.49. The van der Waals surface area contributed by atoms with Gasteiger partial charge in [0, 0.05) is 0 Å². The molecule has 2 aromatic rings. The Morgan fingerprint density at radius 2 is 1.47 bits per heavy atom. The van der Waals surface area contributed by atoms with Gasteiger partial charge in [0.25, 0.3) is 17.7 Å². The van der Waals surface area contributed by atoms with Crippen molar-refractivity contribution in [1.82, 2.24) is 16.2 Å². The van der Waals surface area contributed by atoms with Crippen molar-refractivity contribution in [3.8, 4) is 5.75 Å². The zero-order valence-electron chi connectivity index (χ0n) is 16.7. The van der Waals surface area contributed by atoms with Crippen LogP contribution in [0.2, 0.25) is 0 Å². The number of hydrogen-bond donors (Lipinski definition) is 3. The molecule has 0 aliphatic heterocycles. The van der Waals surface area contributed by atoms with E-state index in [2.05, 4.69) is 16.2 Å². The van der Waals surface area contributed by atoms with Crippen molar-refractivity contribution < 1.29 is 27.9 Å². The number of ether oxygens (including phenoxy) is 1. The van der Waals surface area contributed by atoms with E-state index in [1.165, 1.54) is 49.4 Å². The van der Waals surface area contributed by atoms with E-state index in [-0.39, 0.29) is 17.2 Å². The van der Waals surface area contributed by atoms with Crippen LogP contribution in [0.15, 0.2) is 48.5 Å². The number of amides is 3. The molecule has 0 saturated heterocycles. The van der Waals surface area contributed by atoms with Gasteiger partial charge in [0.2, 0.25) is 0 Å². The summed E-state index contributed by atoms with van der Waals surface area (Å²) >= 11 is 0. The third kappa shape index (κ3) is 6.26. The number of halogens is 2. The van der Waals surface area contributed by atoms with Gasteiger partial charge in [-0.1, -0.05) is 26.0 Å². The Morgan fingerprint density at radius 1 is 0.867 bits per heavy atom. The summed E-state index contributed by atoms with van der Waals surface area (Å²) in [6, 6.07) is 9.48. The zero-order valence-corrected chi connectivity index (χ0v) is 16.7. The fraction of sp³-hybridized carbons (Fsp3) is 0.286. The number of hydrazine groups is 1. The van der Waals surface area contributed by atoms with Crippen LogP contribution in [0.4, 0.5) is 8.78 Å². The molecule has 30 heavy (non-hydrogen) atoms. The molecule has 0 fully saturated rings. The number of carbonyl (C=O) groups excluding carboxylic acids is 3. The summed E-state index contributed by atoms with van der Waals surface area (Å²) in [6.45, 7) is 4.83. The smallest absolute Gasteiger partial charge is 0.279 e. The standard InChI is InChI=1S/C21H23F2N3O4/c1-12(2)18(24-20(28)16-6-4-5-7-17(16)23)21(29)26-25-19(27)13(3)30-15-10-8-14(22)9-11-15/h4-13,18H,1-3H3,(H,24,28)(H,25,27)(H,26,29)/t13?,18-/m0/s1. The molecular weight excluding hydrogens is 396 g/mol. The average Bonchev–Trinajstić information content (AvgIpc) is 2.71. The van der Waals surface area contributed by atoms with Crippen molar-refractivity contribution in [1.29, 1.82) is 0 Å². The lowest BCUT2D eigenvalue weighted by Crippen LogP contribution is -2.56. The molecule has 7 nitrogen and oxygen atoms in total. The highest BCUT2D eigenvalue weighted by Gasteiger charge is 2.26. The minimum atomic E-state index is -1.02. The maximum Gasteiger partial charge on any atom is 0.279 e. The minimum absolute atomic E-state index is 0.193. The van der Waals surface area contributed by atoms with Gasteiger partial charge < -0.3 is 10.1 Å². The van der Waals surface area contributed by atoms with Crippen molar-refractivity contribution in [2.45, 2.75) is 32.9 Å². The first-order chi connectivity index (χ1) is 14.2. The zero-order chi connectivity index (χ0) is 22.3. The summed E-state index contributed by atoms with van der Waals surface area (Å²) in [5, 5.41) is 2.46. The SMILES string of the molecule is CC(Oc1ccc(F)cc1)C(=O)NNC(=O)[C@@H](NC(=O)c1ccccc1F)C(C)C. The number of carbonyl (C=O) groups is 3. The molecule has 0 aliphatic carbocycles. The van der Waals surface area contributed by atoms with Gasteiger partial charge in [-0.05, 0) is 49.2 Å². The van der Waals surface area contributed by atoms with Crippen molar-refractivity contribution in [2.24, 2.45) is 5.92 Å². The Bertz CT molecular complexity index is 903. The summed E-state index contributed by atoms with van der Waals surface area (Å²) in [6.07, 6.45) is -0.985. The second-order valence-electron chi connectivity index (χ2n) is 6.87. The van der Waals surface area contributed by atoms with E-state index in [0.29, 0.717) is 0 Å². The van der Waals surface area contributed by atoms with Crippen LogP contribution in [0.3, 0.4) is 0 Å². The highest BCUT2D eigenvalue weighted by atomic mass is 19.1. The quantitative estimate of drug-likeness (QED) is 0.600. The molecule has 3 N–H and O–H groups in total. The van der Waals surface area contributed by atoms with Gasteiger partial charge in [-0.3, -0.25) is 25.2 Å². The van der Waals surface area contributed by atoms with Crippen LogP contribution in [0.5, 0.6) is 5.75 Å². The predicted molar refractivity (Wildman–Crippen MR) is 105 cm³/mol. The molecule has 0 aliphatic rings. The van der Waals surface area contributed by atoms with Gasteiger partial charge in [0.05, 0.1) is 5.56 Å². The normalized spacial score (nSPS) is 12.6. The van der Waals surface area contributed by atoms with Gasteiger partial charge in [-0.15, -0.1) is 0 Å². The summed E-state index contributed by atoms with van der Waals surface area (Å²) in [4.78, 5) is 36.9. The third-order valence-corrected chi connectivity index (χ3v) is 4.16. The monoisotopic (exact) mass is 419 g/mol.